The molecule has 2 heterocycles. The van der Waals surface area contributed by atoms with Crippen molar-refractivity contribution in [2.75, 3.05) is 21.9 Å². The molecular weight excluding hydrogens is 354 g/mol. The van der Waals surface area contributed by atoms with Crippen molar-refractivity contribution < 1.29 is 8.42 Å². The normalized spacial score (nSPS) is 11.2. The van der Waals surface area contributed by atoms with Gasteiger partial charge in [0.1, 0.15) is 17.5 Å². The maximum atomic E-state index is 12.2. The number of nitrogens with zero attached hydrogens (tertiary/aromatic N) is 3. The number of aryl methyl sites for hydroxylation is 1. The Hall–Kier alpha value is -3.14. The van der Waals surface area contributed by atoms with Crippen LogP contribution in [0.5, 0.6) is 0 Å². The maximum absolute atomic E-state index is 12.2. The molecule has 10 heteroatoms. The molecule has 0 amide bonds. The highest BCUT2D eigenvalue weighted by Crippen LogP contribution is 2.21. The van der Waals surface area contributed by atoms with Crippen LogP contribution in [-0.4, -0.2) is 34.9 Å². The standard InChI is InChI=1S/C16H19N7O2S/c1-3-18-14-8-15(21-11(2)20-14)22-12-4-6-13(7-5-12)23-26(24,25)16-9-17-10-19-16/h4-10,23H,3H2,1-2H3,(H,17,19)(H2,18,20,21,22). The zero-order chi connectivity index (χ0) is 18.6. The number of anilines is 4. The van der Waals surface area contributed by atoms with Gasteiger partial charge in [-0.3, -0.25) is 4.72 Å². The van der Waals surface area contributed by atoms with Crippen LogP contribution in [0.1, 0.15) is 12.7 Å². The van der Waals surface area contributed by atoms with Crippen LogP contribution in [0.25, 0.3) is 0 Å². The van der Waals surface area contributed by atoms with Crippen LogP contribution >= 0.6 is 0 Å². The topological polar surface area (TPSA) is 125 Å². The number of aromatic nitrogens is 4. The van der Waals surface area contributed by atoms with E-state index in [1.165, 1.54) is 12.5 Å². The van der Waals surface area contributed by atoms with Gasteiger partial charge in [-0.15, -0.1) is 0 Å². The first-order valence-electron chi connectivity index (χ1n) is 7.94. The minimum absolute atomic E-state index is 0.00659. The summed E-state index contributed by atoms with van der Waals surface area (Å²) >= 11 is 0. The van der Waals surface area contributed by atoms with Crippen LogP contribution in [-0.2, 0) is 10.0 Å². The first-order valence-corrected chi connectivity index (χ1v) is 9.42. The second kappa shape index (κ2) is 7.40. The average Bonchev–Trinajstić information content (AvgIpc) is 3.12. The number of nitrogens with one attached hydrogen (secondary N) is 4. The third-order valence-electron chi connectivity index (χ3n) is 3.37. The predicted molar refractivity (Wildman–Crippen MR) is 100 cm³/mol. The molecule has 136 valence electrons. The Morgan fingerprint density at radius 2 is 1.77 bits per heavy atom. The second-order valence-corrected chi connectivity index (χ2v) is 7.09. The van der Waals surface area contributed by atoms with Crippen LogP contribution in [0.2, 0.25) is 0 Å². The third-order valence-corrected chi connectivity index (χ3v) is 4.67. The molecule has 0 fully saturated rings. The molecule has 4 N–H and O–H groups in total. The molecule has 0 aliphatic rings. The van der Waals surface area contributed by atoms with Gasteiger partial charge in [0.15, 0.2) is 5.03 Å². The van der Waals surface area contributed by atoms with Crippen molar-refractivity contribution in [1.29, 1.82) is 0 Å². The lowest BCUT2D eigenvalue weighted by Gasteiger charge is -2.10. The van der Waals surface area contributed by atoms with E-state index in [4.69, 9.17) is 0 Å². The highest BCUT2D eigenvalue weighted by molar-refractivity contribution is 7.92. The fourth-order valence-electron chi connectivity index (χ4n) is 2.27. The van der Waals surface area contributed by atoms with Gasteiger partial charge in [-0.1, -0.05) is 0 Å². The molecule has 0 radical (unpaired) electrons. The Morgan fingerprint density at radius 1 is 1.08 bits per heavy atom. The van der Waals surface area contributed by atoms with Crippen molar-refractivity contribution >= 4 is 33.0 Å². The molecule has 0 spiro atoms. The van der Waals surface area contributed by atoms with Gasteiger partial charge in [0.25, 0.3) is 10.0 Å². The summed E-state index contributed by atoms with van der Waals surface area (Å²) in [5.74, 6) is 2.04. The van der Waals surface area contributed by atoms with Crippen LogP contribution in [0.3, 0.4) is 0 Å². The van der Waals surface area contributed by atoms with Gasteiger partial charge in [0.2, 0.25) is 0 Å². The molecule has 0 unspecified atom stereocenters. The summed E-state index contributed by atoms with van der Waals surface area (Å²) in [5, 5.41) is 6.33. The molecule has 0 saturated heterocycles. The van der Waals surface area contributed by atoms with E-state index < -0.39 is 10.0 Å². The summed E-state index contributed by atoms with van der Waals surface area (Å²) in [4.78, 5) is 14.9. The molecule has 1 aromatic carbocycles. The predicted octanol–water partition coefficient (Wildman–Crippen LogP) is 2.48. The third kappa shape index (κ3) is 4.28. The zero-order valence-corrected chi connectivity index (χ0v) is 15.1. The van der Waals surface area contributed by atoms with E-state index >= 15 is 0 Å². The summed E-state index contributed by atoms with van der Waals surface area (Å²) in [6, 6.07) is 8.65. The maximum Gasteiger partial charge on any atom is 0.278 e. The fourth-order valence-corrected chi connectivity index (χ4v) is 3.24. The smallest absolute Gasteiger partial charge is 0.278 e. The summed E-state index contributed by atoms with van der Waals surface area (Å²) in [7, 11) is -3.68. The van der Waals surface area contributed by atoms with Gasteiger partial charge in [-0.2, -0.15) is 8.42 Å². The van der Waals surface area contributed by atoms with Crippen molar-refractivity contribution in [3.63, 3.8) is 0 Å². The summed E-state index contributed by atoms with van der Waals surface area (Å²) in [6.07, 6.45) is 2.56. The van der Waals surface area contributed by atoms with Gasteiger partial charge in [-0.25, -0.2) is 15.0 Å². The number of benzene rings is 1. The minimum atomic E-state index is -3.68. The van der Waals surface area contributed by atoms with E-state index in [0.29, 0.717) is 17.3 Å². The Labute approximate surface area is 151 Å². The lowest BCUT2D eigenvalue weighted by molar-refractivity contribution is 0.598. The van der Waals surface area contributed by atoms with Crippen LogP contribution in [0.15, 0.2) is 47.9 Å². The van der Waals surface area contributed by atoms with Crippen LogP contribution < -0.4 is 15.4 Å². The molecule has 0 aliphatic carbocycles. The largest absolute Gasteiger partial charge is 0.370 e. The van der Waals surface area contributed by atoms with E-state index in [1.54, 1.807) is 24.3 Å². The average molecular weight is 373 g/mol. The quantitative estimate of drug-likeness (QED) is 0.501. The van der Waals surface area contributed by atoms with Gasteiger partial charge >= 0.3 is 0 Å². The Kier molecular flexibility index (Phi) is 5.03. The van der Waals surface area contributed by atoms with Crippen LogP contribution in [0.4, 0.5) is 23.0 Å². The minimum Gasteiger partial charge on any atom is -0.370 e. The first kappa shape index (κ1) is 17.7. The number of sulfonamides is 1. The fraction of sp³-hybridized carbons (Fsp3) is 0.188. The van der Waals surface area contributed by atoms with Crippen molar-refractivity contribution in [2.24, 2.45) is 0 Å². The molecule has 2 aromatic heterocycles. The Bertz CT molecular complexity index is 970. The van der Waals surface area contributed by atoms with Gasteiger partial charge in [0, 0.05) is 24.0 Å². The number of H-pyrrole nitrogens is 1. The van der Waals surface area contributed by atoms with Gasteiger partial charge < -0.3 is 15.6 Å². The molecular formula is C16H19N7O2S. The molecule has 0 atom stereocenters. The van der Waals surface area contributed by atoms with E-state index in [9.17, 15) is 8.42 Å². The Balaban J connectivity index is 1.72. The Morgan fingerprint density at radius 3 is 2.42 bits per heavy atom. The van der Waals surface area contributed by atoms with Crippen molar-refractivity contribution in [1.82, 2.24) is 19.9 Å². The zero-order valence-electron chi connectivity index (χ0n) is 14.3. The SMILES string of the molecule is CCNc1cc(Nc2ccc(NS(=O)(=O)c3cnc[nH]3)cc2)nc(C)n1. The summed E-state index contributed by atoms with van der Waals surface area (Å²) in [5.41, 5.74) is 1.22. The molecule has 0 bridgehead atoms. The number of hydrogen-bond donors (Lipinski definition) is 4. The summed E-state index contributed by atoms with van der Waals surface area (Å²) in [6.45, 7) is 4.58. The lowest BCUT2D eigenvalue weighted by atomic mass is 10.3. The number of imidazole rings is 1. The number of rotatable bonds is 7. The number of aromatic amines is 1. The van der Waals surface area contributed by atoms with Crippen molar-refractivity contribution in [3.8, 4) is 0 Å². The van der Waals surface area contributed by atoms with Gasteiger partial charge in [0.05, 0.1) is 12.5 Å². The number of hydrogen-bond acceptors (Lipinski definition) is 7. The molecule has 26 heavy (non-hydrogen) atoms. The molecule has 9 nitrogen and oxygen atoms in total. The monoisotopic (exact) mass is 373 g/mol. The van der Waals surface area contributed by atoms with Crippen LogP contribution in [0, 0.1) is 6.92 Å². The van der Waals surface area contributed by atoms with Gasteiger partial charge in [-0.05, 0) is 38.1 Å². The van der Waals surface area contributed by atoms with Crippen molar-refractivity contribution in [3.05, 3.63) is 48.7 Å². The molecule has 3 rings (SSSR count). The molecule has 3 aromatic rings. The molecule has 0 saturated carbocycles. The van der Waals surface area contributed by atoms with E-state index in [-0.39, 0.29) is 5.03 Å². The van der Waals surface area contributed by atoms with Crippen molar-refractivity contribution in [2.45, 2.75) is 18.9 Å². The van der Waals surface area contributed by atoms with E-state index in [1.807, 2.05) is 19.9 Å². The first-order chi connectivity index (χ1) is 12.5. The highest BCUT2D eigenvalue weighted by atomic mass is 32.2. The lowest BCUT2D eigenvalue weighted by Crippen LogP contribution is -2.13. The highest BCUT2D eigenvalue weighted by Gasteiger charge is 2.15. The summed E-state index contributed by atoms with van der Waals surface area (Å²) < 4.78 is 26.8. The second-order valence-electron chi connectivity index (χ2n) is 5.44. The molecule has 0 aliphatic heterocycles. The van der Waals surface area contributed by atoms with E-state index in [2.05, 4.69) is 35.3 Å². The van der Waals surface area contributed by atoms with E-state index in [0.717, 1.165) is 18.1 Å².